The number of aromatic nitrogens is 1. The number of carbonyl (C=O) groups is 2. The molecule has 1 aliphatic rings. The van der Waals surface area contributed by atoms with E-state index in [1.165, 1.54) is 6.20 Å². The monoisotopic (exact) mass is 383 g/mol. The fourth-order valence-corrected chi connectivity index (χ4v) is 3.05. The number of ether oxygens (including phenoxy) is 2. The van der Waals surface area contributed by atoms with Gasteiger partial charge in [0.25, 0.3) is 11.8 Å². The Bertz CT molecular complexity index is 847. The predicted molar refractivity (Wildman–Crippen MR) is 104 cm³/mol. The second-order valence-corrected chi connectivity index (χ2v) is 6.59. The minimum Gasteiger partial charge on any atom is -0.454 e. The molecule has 1 aromatic heterocycles. The van der Waals surface area contributed by atoms with Crippen LogP contribution in [0.15, 0.2) is 36.5 Å². The number of hydrogen-bond acceptors (Lipinski definition) is 5. The third kappa shape index (κ3) is 4.60. The minimum atomic E-state index is -0.329. The summed E-state index contributed by atoms with van der Waals surface area (Å²) in [6.45, 7) is 6.01. The quantitative estimate of drug-likeness (QED) is 0.758. The van der Waals surface area contributed by atoms with Gasteiger partial charge in [0, 0.05) is 31.4 Å². The number of nitrogens with one attached hydrogen (secondary N) is 1. The summed E-state index contributed by atoms with van der Waals surface area (Å²) < 4.78 is 10.6. The first kappa shape index (κ1) is 19.7. The molecule has 1 aliphatic heterocycles. The van der Waals surface area contributed by atoms with E-state index in [1.807, 2.05) is 36.9 Å². The van der Waals surface area contributed by atoms with E-state index < -0.39 is 0 Å². The number of pyridine rings is 1. The first-order valence-corrected chi connectivity index (χ1v) is 9.54. The lowest BCUT2D eigenvalue weighted by Gasteiger charge is -2.21. The van der Waals surface area contributed by atoms with Crippen LogP contribution >= 0.6 is 0 Å². The average molecular weight is 383 g/mol. The lowest BCUT2D eigenvalue weighted by Crippen LogP contribution is -2.33. The van der Waals surface area contributed by atoms with Gasteiger partial charge in [0.05, 0.1) is 0 Å². The molecule has 7 nitrogen and oxygen atoms in total. The number of rotatable bonds is 8. The molecule has 148 valence electrons. The molecule has 0 radical (unpaired) electrons. The van der Waals surface area contributed by atoms with E-state index in [0.717, 1.165) is 18.4 Å². The molecule has 3 rings (SSSR count). The first-order chi connectivity index (χ1) is 13.6. The van der Waals surface area contributed by atoms with Gasteiger partial charge >= 0.3 is 0 Å². The topological polar surface area (TPSA) is 80.8 Å². The molecule has 0 unspecified atom stereocenters. The fourth-order valence-electron chi connectivity index (χ4n) is 3.05. The minimum absolute atomic E-state index is 0.0732. The van der Waals surface area contributed by atoms with Gasteiger partial charge in [-0.05, 0) is 42.7 Å². The van der Waals surface area contributed by atoms with Crippen molar-refractivity contribution in [3.05, 3.63) is 53.3 Å². The number of fused-ring (bicyclic) bond motifs is 1. The van der Waals surface area contributed by atoms with Gasteiger partial charge in [0.1, 0.15) is 5.69 Å². The number of nitrogens with zero attached hydrogens (tertiary/aromatic N) is 2. The molecule has 1 aromatic carbocycles. The van der Waals surface area contributed by atoms with Gasteiger partial charge < -0.3 is 19.7 Å². The van der Waals surface area contributed by atoms with Crippen LogP contribution in [0, 0.1) is 0 Å². The number of benzene rings is 1. The summed E-state index contributed by atoms with van der Waals surface area (Å²) in [6, 6.07) is 8.72. The Hall–Kier alpha value is -3.09. The standard InChI is InChI=1S/C21H25N3O4/c1-3-9-24(10-4-2)21(26)16-7-8-22-17(12-16)20(25)23-13-15-5-6-18-19(11-15)28-14-27-18/h5-8,11-12H,3-4,9-10,13-14H2,1-2H3,(H,23,25). The van der Waals surface area contributed by atoms with Crippen LogP contribution in [0.3, 0.4) is 0 Å². The summed E-state index contributed by atoms with van der Waals surface area (Å²) in [6.07, 6.45) is 3.28. The van der Waals surface area contributed by atoms with Crippen molar-refractivity contribution >= 4 is 11.8 Å². The molecule has 0 spiro atoms. The molecule has 0 bridgehead atoms. The van der Waals surface area contributed by atoms with Crippen LogP contribution < -0.4 is 14.8 Å². The second kappa shape index (κ2) is 9.21. The van der Waals surface area contributed by atoms with Crippen LogP contribution in [0.4, 0.5) is 0 Å². The van der Waals surface area contributed by atoms with Gasteiger partial charge in [-0.1, -0.05) is 19.9 Å². The zero-order valence-corrected chi connectivity index (χ0v) is 16.2. The SMILES string of the molecule is CCCN(CCC)C(=O)c1ccnc(C(=O)NCc2ccc3c(c2)OCO3)c1. The normalized spacial score (nSPS) is 11.9. The Balaban J connectivity index is 1.65. The van der Waals surface area contributed by atoms with E-state index in [0.29, 0.717) is 36.7 Å². The molecule has 2 amide bonds. The zero-order valence-electron chi connectivity index (χ0n) is 16.2. The van der Waals surface area contributed by atoms with E-state index in [4.69, 9.17) is 9.47 Å². The molecule has 0 saturated heterocycles. The summed E-state index contributed by atoms with van der Waals surface area (Å²) in [5.74, 6) is 0.969. The van der Waals surface area contributed by atoms with Crippen molar-refractivity contribution in [2.75, 3.05) is 19.9 Å². The van der Waals surface area contributed by atoms with Crippen molar-refractivity contribution in [2.45, 2.75) is 33.2 Å². The molecule has 2 aromatic rings. The van der Waals surface area contributed by atoms with Crippen LogP contribution in [-0.4, -0.2) is 41.6 Å². The van der Waals surface area contributed by atoms with E-state index in [-0.39, 0.29) is 24.3 Å². The highest BCUT2D eigenvalue weighted by Gasteiger charge is 2.17. The number of carbonyl (C=O) groups excluding carboxylic acids is 2. The highest BCUT2D eigenvalue weighted by atomic mass is 16.7. The van der Waals surface area contributed by atoms with Crippen LogP contribution in [0.2, 0.25) is 0 Å². The maximum absolute atomic E-state index is 12.7. The van der Waals surface area contributed by atoms with Crippen molar-refractivity contribution in [2.24, 2.45) is 0 Å². The van der Waals surface area contributed by atoms with Crippen molar-refractivity contribution in [1.29, 1.82) is 0 Å². The van der Waals surface area contributed by atoms with Gasteiger partial charge in [0.2, 0.25) is 6.79 Å². The highest BCUT2D eigenvalue weighted by molar-refractivity contribution is 5.98. The zero-order chi connectivity index (χ0) is 19.9. The van der Waals surface area contributed by atoms with Crippen LogP contribution in [0.5, 0.6) is 11.5 Å². The summed E-state index contributed by atoms with van der Waals surface area (Å²) in [5.41, 5.74) is 1.59. The van der Waals surface area contributed by atoms with Crippen LogP contribution in [-0.2, 0) is 6.54 Å². The molecule has 7 heteroatoms. The molecular weight excluding hydrogens is 358 g/mol. The van der Waals surface area contributed by atoms with Crippen molar-refractivity contribution in [3.63, 3.8) is 0 Å². The third-order valence-electron chi connectivity index (χ3n) is 4.40. The maximum atomic E-state index is 12.7. The molecule has 0 atom stereocenters. The summed E-state index contributed by atoms with van der Waals surface area (Å²) in [5, 5.41) is 2.83. The molecule has 0 fully saturated rings. The van der Waals surface area contributed by atoms with Gasteiger partial charge in [0.15, 0.2) is 11.5 Å². The molecule has 0 saturated carbocycles. The second-order valence-electron chi connectivity index (χ2n) is 6.59. The van der Waals surface area contributed by atoms with Crippen molar-refractivity contribution < 1.29 is 19.1 Å². The largest absolute Gasteiger partial charge is 0.454 e. The van der Waals surface area contributed by atoms with E-state index >= 15 is 0 Å². The smallest absolute Gasteiger partial charge is 0.270 e. The van der Waals surface area contributed by atoms with Gasteiger partial charge in [-0.15, -0.1) is 0 Å². The van der Waals surface area contributed by atoms with E-state index in [9.17, 15) is 9.59 Å². The summed E-state index contributed by atoms with van der Waals surface area (Å²) >= 11 is 0. The van der Waals surface area contributed by atoms with E-state index in [1.54, 1.807) is 12.1 Å². The molecule has 1 N–H and O–H groups in total. The Labute approximate surface area is 164 Å². The van der Waals surface area contributed by atoms with Crippen LogP contribution in [0.1, 0.15) is 53.1 Å². The lowest BCUT2D eigenvalue weighted by molar-refractivity contribution is 0.0755. The first-order valence-electron chi connectivity index (χ1n) is 9.54. The maximum Gasteiger partial charge on any atom is 0.270 e. The van der Waals surface area contributed by atoms with Crippen LogP contribution in [0.25, 0.3) is 0 Å². The summed E-state index contributed by atoms with van der Waals surface area (Å²) in [4.78, 5) is 31.1. The van der Waals surface area contributed by atoms with Crippen molar-refractivity contribution in [1.82, 2.24) is 15.2 Å². The van der Waals surface area contributed by atoms with Gasteiger partial charge in [-0.3, -0.25) is 14.6 Å². The fraction of sp³-hybridized carbons (Fsp3) is 0.381. The Morgan fingerprint density at radius 3 is 2.57 bits per heavy atom. The molecular formula is C21H25N3O4. The Kier molecular flexibility index (Phi) is 6.47. The van der Waals surface area contributed by atoms with Gasteiger partial charge in [-0.2, -0.15) is 0 Å². The highest BCUT2D eigenvalue weighted by Crippen LogP contribution is 2.32. The molecule has 0 aliphatic carbocycles. The molecule has 2 heterocycles. The number of amides is 2. The molecule has 28 heavy (non-hydrogen) atoms. The predicted octanol–water partition coefficient (Wildman–Crippen LogP) is 3.00. The van der Waals surface area contributed by atoms with E-state index in [2.05, 4.69) is 10.3 Å². The van der Waals surface area contributed by atoms with Gasteiger partial charge in [-0.25, -0.2) is 0 Å². The average Bonchev–Trinajstić information content (AvgIpc) is 3.19. The number of hydrogen-bond donors (Lipinski definition) is 1. The summed E-state index contributed by atoms with van der Waals surface area (Å²) in [7, 11) is 0. The third-order valence-corrected chi connectivity index (χ3v) is 4.40. The Morgan fingerprint density at radius 1 is 1.07 bits per heavy atom. The lowest BCUT2D eigenvalue weighted by atomic mass is 10.1. The Morgan fingerprint density at radius 2 is 1.82 bits per heavy atom. The van der Waals surface area contributed by atoms with Crippen molar-refractivity contribution in [3.8, 4) is 11.5 Å².